The Kier molecular flexibility index (Phi) is 5.32. The minimum atomic E-state index is -3.27. The number of anilines is 1. The Labute approximate surface area is 165 Å². The minimum absolute atomic E-state index is 0.0948. The molecular formula is C20H24ClNO4S. The number of nitrogens with one attached hydrogen (secondary N) is 1. The summed E-state index contributed by atoms with van der Waals surface area (Å²) in [7, 11) is -1.67. The third kappa shape index (κ3) is 4.50. The van der Waals surface area contributed by atoms with Gasteiger partial charge in [-0.3, -0.25) is 4.72 Å². The number of ether oxygens (including phenoxy) is 2. The Balaban J connectivity index is 1.69. The maximum atomic E-state index is 11.3. The van der Waals surface area contributed by atoms with Crippen LogP contribution in [0.25, 0.3) is 0 Å². The smallest absolute Gasteiger partial charge is 0.229 e. The van der Waals surface area contributed by atoms with Crippen LogP contribution < -0.4 is 14.2 Å². The van der Waals surface area contributed by atoms with Crippen LogP contribution in [0, 0.1) is 11.3 Å². The molecule has 0 spiro atoms. The number of benzene rings is 2. The van der Waals surface area contributed by atoms with E-state index in [4.69, 9.17) is 21.1 Å². The largest absolute Gasteiger partial charge is 0.493 e. The molecule has 0 saturated heterocycles. The predicted molar refractivity (Wildman–Crippen MR) is 108 cm³/mol. The molecule has 2 atom stereocenters. The zero-order valence-electron chi connectivity index (χ0n) is 15.8. The van der Waals surface area contributed by atoms with E-state index in [1.807, 2.05) is 12.1 Å². The lowest BCUT2D eigenvalue weighted by molar-refractivity contribution is 0.264. The normalized spacial score (nSPS) is 20.8. The van der Waals surface area contributed by atoms with E-state index in [9.17, 15) is 8.42 Å². The van der Waals surface area contributed by atoms with E-state index in [1.54, 1.807) is 37.4 Å². The highest BCUT2D eigenvalue weighted by molar-refractivity contribution is 7.92. The maximum absolute atomic E-state index is 11.3. The summed E-state index contributed by atoms with van der Waals surface area (Å²) in [6, 6.07) is 12.9. The van der Waals surface area contributed by atoms with Crippen molar-refractivity contribution in [2.24, 2.45) is 11.3 Å². The van der Waals surface area contributed by atoms with Crippen LogP contribution in [-0.2, 0) is 10.0 Å². The third-order valence-electron chi connectivity index (χ3n) is 5.17. The molecule has 146 valence electrons. The van der Waals surface area contributed by atoms with E-state index >= 15 is 0 Å². The van der Waals surface area contributed by atoms with E-state index in [0.717, 1.165) is 6.26 Å². The highest BCUT2D eigenvalue weighted by Crippen LogP contribution is 2.64. The summed E-state index contributed by atoms with van der Waals surface area (Å²) in [5.74, 6) is 1.98. The second-order valence-electron chi connectivity index (χ2n) is 7.51. The number of methoxy groups -OCH3 is 1. The summed E-state index contributed by atoms with van der Waals surface area (Å²) in [5.41, 5.74) is 1.83. The molecule has 3 rings (SSSR count). The van der Waals surface area contributed by atoms with Gasteiger partial charge in [0, 0.05) is 22.7 Å². The number of halogens is 1. The van der Waals surface area contributed by atoms with Gasteiger partial charge in [-0.25, -0.2) is 8.42 Å². The van der Waals surface area contributed by atoms with Crippen molar-refractivity contribution in [3.8, 4) is 11.5 Å². The standard InChI is InChI=1S/C20H24ClNO4S/c1-20(2)16(12-26-18-11-14(21)7-10-17(18)25-3)19(20)13-5-8-15(9-6-13)22-27(4,23)24/h5-11,16,19,22H,12H2,1-4H3/t16-,19-/m0/s1. The van der Waals surface area contributed by atoms with Gasteiger partial charge >= 0.3 is 0 Å². The average molecular weight is 410 g/mol. The summed E-state index contributed by atoms with van der Waals surface area (Å²) in [5, 5.41) is 0.603. The zero-order valence-corrected chi connectivity index (χ0v) is 17.4. The third-order valence-corrected chi connectivity index (χ3v) is 6.01. The van der Waals surface area contributed by atoms with Gasteiger partial charge in [-0.05, 0) is 41.2 Å². The van der Waals surface area contributed by atoms with E-state index in [0.29, 0.717) is 40.7 Å². The van der Waals surface area contributed by atoms with Gasteiger partial charge in [0.2, 0.25) is 10.0 Å². The first-order valence-corrected chi connectivity index (χ1v) is 10.9. The summed E-state index contributed by atoms with van der Waals surface area (Å²) >= 11 is 6.06. The lowest BCUT2D eigenvalue weighted by atomic mass is 10.0. The molecule has 0 amide bonds. The summed E-state index contributed by atoms with van der Waals surface area (Å²) < 4.78 is 36.5. The van der Waals surface area contributed by atoms with Crippen molar-refractivity contribution in [3.63, 3.8) is 0 Å². The molecule has 27 heavy (non-hydrogen) atoms. The first-order valence-electron chi connectivity index (χ1n) is 8.66. The van der Waals surface area contributed by atoms with Crippen LogP contribution in [0.1, 0.15) is 25.3 Å². The lowest BCUT2D eigenvalue weighted by Crippen LogP contribution is -2.09. The highest BCUT2D eigenvalue weighted by Gasteiger charge is 2.58. The summed E-state index contributed by atoms with van der Waals surface area (Å²) in [6.07, 6.45) is 1.14. The lowest BCUT2D eigenvalue weighted by Gasteiger charge is -2.11. The van der Waals surface area contributed by atoms with Crippen LogP contribution in [0.2, 0.25) is 5.02 Å². The fraction of sp³-hybridized carbons (Fsp3) is 0.400. The van der Waals surface area contributed by atoms with E-state index in [-0.39, 0.29) is 5.41 Å². The molecule has 7 heteroatoms. The number of sulfonamides is 1. The van der Waals surface area contributed by atoms with Gasteiger partial charge < -0.3 is 9.47 Å². The average Bonchev–Trinajstić information content (AvgIpc) is 3.13. The Morgan fingerprint density at radius 1 is 1.11 bits per heavy atom. The second-order valence-corrected chi connectivity index (χ2v) is 9.69. The van der Waals surface area contributed by atoms with E-state index < -0.39 is 10.0 Å². The predicted octanol–water partition coefficient (Wildman–Crippen LogP) is 4.54. The Morgan fingerprint density at radius 2 is 1.78 bits per heavy atom. The first kappa shape index (κ1) is 19.8. The fourth-order valence-corrected chi connectivity index (χ4v) is 4.36. The van der Waals surface area contributed by atoms with Gasteiger partial charge in [0.05, 0.1) is 20.0 Å². The van der Waals surface area contributed by atoms with Gasteiger partial charge in [-0.2, -0.15) is 0 Å². The molecule has 0 heterocycles. The molecule has 1 N–H and O–H groups in total. The molecule has 0 bridgehead atoms. The zero-order chi connectivity index (χ0) is 19.8. The topological polar surface area (TPSA) is 64.6 Å². The second kappa shape index (κ2) is 7.24. The van der Waals surface area contributed by atoms with Crippen LogP contribution in [0.15, 0.2) is 42.5 Å². The molecule has 0 aromatic heterocycles. The molecular weight excluding hydrogens is 386 g/mol. The van der Waals surface area contributed by atoms with Crippen molar-refractivity contribution in [1.29, 1.82) is 0 Å². The molecule has 5 nitrogen and oxygen atoms in total. The van der Waals surface area contributed by atoms with Gasteiger partial charge in [0.1, 0.15) is 0 Å². The number of hydrogen-bond acceptors (Lipinski definition) is 4. The fourth-order valence-electron chi connectivity index (χ4n) is 3.63. The molecule has 0 unspecified atom stereocenters. The summed E-state index contributed by atoms with van der Waals surface area (Å²) in [6.45, 7) is 4.98. The molecule has 1 saturated carbocycles. The molecule has 1 aliphatic carbocycles. The first-order chi connectivity index (χ1) is 12.6. The Bertz CT molecular complexity index is 925. The monoisotopic (exact) mass is 409 g/mol. The minimum Gasteiger partial charge on any atom is -0.493 e. The molecule has 2 aromatic carbocycles. The van der Waals surface area contributed by atoms with Gasteiger partial charge in [0.15, 0.2) is 11.5 Å². The maximum Gasteiger partial charge on any atom is 0.229 e. The van der Waals surface area contributed by atoms with Crippen molar-refractivity contribution in [2.75, 3.05) is 24.7 Å². The van der Waals surface area contributed by atoms with Crippen LogP contribution >= 0.6 is 11.6 Å². The highest BCUT2D eigenvalue weighted by atomic mass is 35.5. The van der Waals surface area contributed by atoms with E-state index in [1.165, 1.54) is 5.56 Å². The van der Waals surface area contributed by atoms with Crippen molar-refractivity contribution in [1.82, 2.24) is 0 Å². The van der Waals surface area contributed by atoms with Crippen LogP contribution in [0.5, 0.6) is 11.5 Å². The van der Waals surface area contributed by atoms with Crippen molar-refractivity contribution >= 4 is 27.3 Å². The SMILES string of the molecule is COc1ccc(Cl)cc1OC[C@H]1[C@H](c2ccc(NS(C)(=O)=O)cc2)C1(C)C. The van der Waals surface area contributed by atoms with Crippen molar-refractivity contribution in [3.05, 3.63) is 53.1 Å². The number of hydrogen-bond donors (Lipinski definition) is 1. The molecule has 0 aliphatic heterocycles. The van der Waals surface area contributed by atoms with Gasteiger partial charge in [-0.15, -0.1) is 0 Å². The van der Waals surface area contributed by atoms with Crippen molar-refractivity contribution < 1.29 is 17.9 Å². The molecule has 1 aliphatic rings. The van der Waals surface area contributed by atoms with Crippen LogP contribution in [-0.4, -0.2) is 28.4 Å². The molecule has 0 radical (unpaired) electrons. The Hall–Kier alpha value is -1.92. The molecule has 1 fully saturated rings. The van der Waals surface area contributed by atoms with Gasteiger partial charge in [-0.1, -0.05) is 37.6 Å². The molecule has 2 aromatic rings. The number of rotatable bonds is 7. The van der Waals surface area contributed by atoms with Crippen LogP contribution in [0.4, 0.5) is 5.69 Å². The van der Waals surface area contributed by atoms with E-state index in [2.05, 4.69) is 18.6 Å². The quantitative estimate of drug-likeness (QED) is 0.729. The van der Waals surface area contributed by atoms with Gasteiger partial charge in [0.25, 0.3) is 0 Å². The van der Waals surface area contributed by atoms with Crippen molar-refractivity contribution in [2.45, 2.75) is 19.8 Å². The summed E-state index contributed by atoms with van der Waals surface area (Å²) in [4.78, 5) is 0. The van der Waals surface area contributed by atoms with Crippen LogP contribution in [0.3, 0.4) is 0 Å². The Morgan fingerprint density at radius 3 is 2.37 bits per heavy atom.